The van der Waals surface area contributed by atoms with Crippen LogP contribution in [0.25, 0.3) is 0 Å². The Bertz CT molecular complexity index is 291. The molecule has 1 fully saturated rings. The van der Waals surface area contributed by atoms with Gasteiger partial charge in [-0.25, -0.2) is 0 Å². The highest BCUT2D eigenvalue weighted by molar-refractivity contribution is 5.76. The van der Waals surface area contributed by atoms with E-state index in [1.807, 2.05) is 0 Å². The van der Waals surface area contributed by atoms with Crippen LogP contribution in [-0.2, 0) is 4.79 Å². The normalized spacial score (nSPS) is 22.4. The van der Waals surface area contributed by atoms with Crippen molar-refractivity contribution in [2.75, 3.05) is 33.2 Å². The minimum atomic E-state index is 0.177. The number of carbonyl (C=O) groups is 1. The summed E-state index contributed by atoms with van der Waals surface area (Å²) >= 11 is 0. The van der Waals surface area contributed by atoms with Gasteiger partial charge in [0.25, 0.3) is 0 Å². The summed E-state index contributed by atoms with van der Waals surface area (Å²) in [6.45, 7) is 10.2. The molecule has 2 N–H and O–H groups in total. The van der Waals surface area contributed by atoms with Crippen molar-refractivity contribution in [1.82, 2.24) is 9.80 Å². The van der Waals surface area contributed by atoms with E-state index in [1.165, 1.54) is 0 Å². The fourth-order valence-corrected chi connectivity index (χ4v) is 2.85. The highest BCUT2D eigenvalue weighted by atomic mass is 16.2. The molecule has 1 heterocycles. The van der Waals surface area contributed by atoms with Crippen LogP contribution in [0.2, 0.25) is 0 Å². The summed E-state index contributed by atoms with van der Waals surface area (Å²) in [7, 11) is 2.13. The quantitative estimate of drug-likeness (QED) is 0.826. The average Bonchev–Trinajstić information content (AvgIpc) is 2.47. The van der Waals surface area contributed by atoms with Crippen LogP contribution in [0.15, 0.2) is 0 Å². The molecule has 0 radical (unpaired) electrons. The molecule has 0 aromatic heterocycles. The van der Waals surface area contributed by atoms with Gasteiger partial charge in [0.2, 0.25) is 5.91 Å². The summed E-state index contributed by atoms with van der Waals surface area (Å²) < 4.78 is 0. The fourth-order valence-electron chi connectivity index (χ4n) is 2.85. The zero-order valence-corrected chi connectivity index (χ0v) is 13.1. The van der Waals surface area contributed by atoms with E-state index in [1.54, 1.807) is 0 Å². The molecule has 1 amide bonds. The molecule has 4 nitrogen and oxygen atoms in total. The number of amides is 1. The number of nitrogens with two attached hydrogens (primary N) is 1. The van der Waals surface area contributed by atoms with Gasteiger partial charge < -0.3 is 15.5 Å². The first-order chi connectivity index (χ1) is 8.85. The lowest BCUT2D eigenvalue weighted by atomic mass is 9.84. The molecule has 0 bridgehead atoms. The van der Waals surface area contributed by atoms with Crippen molar-refractivity contribution in [2.45, 2.75) is 52.5 Å². The standard InChI is InChI=1S/C15H31N3O/c1-13-12-17(4)10-5-11-18(13)14(19)6-7-15(2,3)8-9-16/h13H,5-12,16H2,1-4H3. The predicted octanol–water partition coefficient (Wildman–Crippen LogP) is 1.69. The molecule has 1 aliphatic rings. The van der Waals surface area contributed by atoms with E-state index in [0.29, 0.717) is 24.9 Å². The third kappa shape index (κ3) is 5.49. The average molecular weight is 269 g/mol. The molecule has 0 aliphatic carbocycles. The monoisotopic (exact) mass is 269 g/mol. The molecule has 19 heavy (non-hydrogen) atoms. The number of hydrogen-bond acceptors (Lipinski definition) is 3. The maximum absolute atomic E-state index is 12.4. The fraction of sp³-hybridized carbons (Fsp3) is 0.933. The summed E-state index contributed by atoms with van der Waals surface area (Å²) in [5.41, 5.74) is 5.80. The van der Waals surface area contributed by atoms with Crippen LogP contribution < -0.4 is 5.73 Å². The molecule has 1 aliphatic heterocycles. The van der Waals surface area contributed by atoms with Crippen LogP contribution in [0.1, 0.15) is 46.5 Å². The van der Waals surface area contributed by atoms with Crippen molar-refractivity contribution in [3.8, 4) is 0 Å². The Morgan fingerprint density at radius 2 is 2.00 bits per heavy atom. The molecule has 0 spiro atoms. The molecule has 1 saturated heterocycles. The Hall–Kier alpha value is -0.610. The van der Waals surface area contributed by atoms with E-state index in [-0.39, 0.29) is 5.41 Å². The maximum atomic E-state index is 12.4. The van der Waals surface area contributed by atoms with Crippen LogP contribution >= 0.6 is 0 Å². The van der Waals surface area contributed by atoms with Crippen LogP contribution in [-0.4, -0.2) is 55.0 Å². The third-order valence-electron chi connectivity index (χ3n) is 4.20. The Labute approximate surface area is 118 Å². The van der Waals surface area contributed by atoms with E-state index in [9.17, 15) is 4.79 Å². The van der Waals surface area contributed by atoms with Crippen LogP contribution in [0, 0.1) is 5.41 Å². The van der Waals surface area contributed by atoms with Crippen LogP contribution in [0.4, 0.5) is 0 Å². The summed E-state index contributed by atoms with van der Waals surface area (Å²) in [5, 5.41) is 0. The second-order valence-corrected chi connectivity index (χ2v) is 6.75. The van der Waals surface area contributed by atoms with Gasteiger partial charge in [-0.05, 0) is 51.7 Å². The van der Waals surface area contributed by atoms with Gasteiger partial charge >= 0.3 is 0 Å². The summed E-state index contributed by atoms with van der Waals surface area (Å²) in [5.74, 6) is 0.313. The van der Waals surface area contributed by atoms with Crippen molar-refractivity contribution in [2.24, 2.45) is 11.1 Å². The van der Waals surface area contributed by atoms with Gasteiger partial charge in [-0.2, -0.15) is 0 Å². The van der Waals surface area contributed by atoms with Crippen LogP contribution in [0.5, 0.6) is 0 Å². The summed E-state index contributed by atoms with van der Waals surface area (Å²) in [4.78, 5) is 16.8. The Kier molecular flexibility index (Phi) is 6.27. The van der Waals surface area contributed by atoms with E-state index in [4.69, 9.17) is 5.73 Å². The lowest BCUT2D eigenvalue weighted by Gasteiger charge is -2.30. The number of nitrogens with zero attached hydrogens (tertiary/aromatic N) is 2. The highest BCUT2D eigenvalue weighted by Crippen LogP contribution is 2.26. The van der Waals surface area contributed by atoms with Crippen molar-refractivity contribution in [1.29, 1.82) is 0 Å². The maximum Gasteiger partial charge on any atom is 0.222 e. The second kappa shape index (κ2) is 7.25. The van der Waals surface area contributed by atoms with Gasteiger partial charge in [0.1, 0.15) is 0 Å². The van der Waals surface area contributed by atoms with Crippen molar-refractivity contribution in [3.05, 3.63) is 0 Å². The van der Waals surface area contributed by atoms with Crippen LogP contribution in [0.3, 0.4) is 0 Å². The van der Waals surface area contributed by atoms with Crippen molar-refractivity contribution < 1.29 is 4.79 Å². The Balaban J connectivity index is 2.48. The molecule has 0 saturated carbocycles. The van der Waals surface area contributed by atoms with Crippen molar-refractivity contribution >= 4 is 5.91 Å². The molecule has 4 heteroatoms. The Morgan fingerprint density at radius 1 is 1.32 bits per heavy atom. The molecule has 0 aromatic rings. The minimum Gasteiger partial charge on any atom is -0.339 e. The first kappa shape index (κ1) is 16.4. The zero-order chi connectivity index (χ0) is 14.5. The number of carbonyl (C=O) groups excluding carboxylic acids is 1. The van der Waals surface area contributed by atoms with Gasteiger partial charge in [0, 0.05) is 25.6 Å². The van der Waals surface area contributed by atoms with Gasteiger partial charge in [0.15, 0.2) is 0 Å². The number of likely N-dealkylation sites (N-methyl/N-ethyl adjacent to an activating group) is 1. The van der Waals surface area contributed by atoms with Gasteiger partial charge in [-0.15, -0.1) is 0 Å². The topological polar surface area (TPSA) is 49.6 Å². The third-order valence-corrected chi connectivity index (χ3v) is 4.20. The SMILES string of the molecule is CC1CN(C)CCCN1C(=O)CCC(C)(C)CCN. The smallest absolute Gasteiger partial charge is 0.222 e. The molecule has 1 unspecified atom stereocenters. The zero-order valence-electron chi connectivity index (χ0n) is 13.1. The minimum absolute atomic E-state index is 0.177. The van der Waals surface area contributed by atoms with E-state index >= 15 is 0 Å². The molecular formula is C15H31N3O. The van der Waals surface area contributed by atoms with E-state index in [0.717, 1.165) is 38.9 Å². The van der Waals surface area contributed by atoms with Crippen molar-refractivity contribution in [3.63, 3.8) is 0 Å². The largest absolute Gasteiger partial charge is 0.339 e. The number of hydrogen-bond donors (Lipinski definition) is 1. The molecule has 112 valence electrons. The lowest BCUT2D eigenvalue weighted by molar-refractivity contribution is -0.133. The molecule has 0 aromatic carbocycles. The van der Waals surface area contributed by atoms with E-state index in [2.05, 4.69) is 37.6 Å². The molecule has 1 atom stereocenters. The highest BCUT2D eigenvalue weighted by Gasteiger charge is 2.25. The van der Waals surface area contributed by atoms with Gasteiger partial charge in [0.05, 0.1) is 0 Å². The van der Waals surface area contributed by atoms with Gasteiger partial charge in [-0.1, -0.05) is 13.8 Å². The first-order valence-corrected chi connectivity index (χ1v) is 7.54. The first-order valence-electron chi connectivity index (χ1n) is 7.54. The van der Waals surface area contributed by atoms with Gasteiger partial charge in [-0.3, -0.25) is 4.79 Å². The Morgan fingerprint density at radius 3 is 2.63 bits per heavy atom. The molecular weight excluding hydrogens is 238 g/mol. The van der Waals surface area contributed by atoms with E-state index < -0.39 is 0 Å². The predicted molar refractivity (Wildman–Crippen MR) is 80.0 cm³/mol. The summed E-state index contributed by atoms with van der Waals surface area (Å²) in [6, 6.07) is 0.331. The number of rotatable bonds is 5. The summed E-state index contributed by atoms with van der Waals surface area (Å²) in [6.07, 6.45) is 3.65. The lowest BCUT2D eigenvalue weighted by Crippen LogP contribution is -2.42. The second-order valence-electron chi connectivity index (χ2n) is 6.75. The molecule has 1 rings (SSSR count).